The second kappa shape index (κ2) is 3.96. The van der Waals surface area contributed by atoms with Crippen molar-refractivity contribution in [3.05, 3.63) is 47.6 Å². The van der Waals surface area contributed by atoms with Gasteiger partial charge in [-0.3, -0.25) is 0 Å². The molecule has 0 unspecified atom stereocenters. The minimum atomic E-state index is 0.640. The monoisotopic (exact) mass is 237 g/mol. The SMILES string of the molecule is N#Cc1ccccc1-c1ncnc2ccsc12. The van der Waals surface area contributed by atoms with E-state index in [0.717, 1.165) is 21.5 Å². The second-order valence-corrected chi connectivity index (χ2v) is 4.43. The molecule has 0 aliphatic heterocycles. The number of nitriles is 1. The highest BCUT2D eigenvalue weighted by atomic mass is 32.1. The number of fused-ring (bicyclic) bond motifs is 1. The molecule has 2 aromatic heterocycles. The largest absolute Gasteiger partial charge is 0.235 e. The summed E-state index contributed by atoms with van der Waals surface area (Å²) in [7, 11) is 0. The predicted molar refractivity (Wildman–Crippen MR) is 67.6 cm³/mol. The summed E-state index contributed by atoms with van der Waals surface area (Å²) in [4.78, 5) is 8.51. The van der Waals surface area contributed by atoms with E-state index in [1.54, 1.807) is 23.7 Å². The van der Waals surface area contributed by atoms with E-state index in [0.29, 0.717) is 5.56 Å². The molecule has 0 N–H and O–H groups in total. The van der Waals surface area contributed by atoms with E-state index >= 15 is 0 Å². The first-order valence-electron chi connectivity index (χ1n) is 5.08. The van der Waals surface area contributed by atoms with E-state index in [-0.39, 0.29) is 0 Å². The second-order valence-electron chi connectivity index (χ2n) is 3.51. The van der Waals surface area contributed by atoms with Crippen LogP contribution in [0.1, 0.15) is 5.56 Å². The maximum absolute atomic E-state index is 9.11. The fourth-order valence-electron chi connectivity index (χ4n) is 1.77. The standard InChI is InChI=1S/C13H7N3S/c14-7-9-3-1-2-4-10(9)12-13-11(5-6-17-13)15-8-16-12/h1-6,8H. The molecule has 2 heterocycles. The van der Waals surface area contributed by atoms with Crippen molar-refractivity contribution >= 4 is 21.6 Å². The number of thiophene rings is 1. The first-order chi connectivity index (χ1) is 8.40. The maximum atomic E-state index is 9.11. The van der Waals surface area contributed by atoms with Gasteiger partial charge in [0.15, 0.2) is 0 Å². The van der Waals surface area contributed by atoms with E-state index in [1.165, 1.54) is 0 Å². The van der Waals surface area contributed by atoms with Crippen LogP contribution in [-0.4, -0.2) is 9.97 Å². The van der Waals surface area contributed by atoms with Gasteiger partial charge in [-0.2, -0.15) is 5.26 Å². The Balaban J connectivity index is 2.35. The van der Waals surface area contributed by atoms with Gasteiger partial charge >= 0.3 is 0 Å². The fourth-order valence-corrected chi connectivity index (χ4v) is 2.62. The summed E-state index contributed by atoms with van der Waals surface area (Å²) in [5, 5.41) is 11.1. The Morgan fingerprint density at radius 1 is 1.12 bits per heavy atom. The van der Waals surface area contributed by atoms with Crippen molar-refractivity contribution in [3.8, 4) is 17.3 Å². The topological polar surface area (TPSA) is 49.6 Å². The van der Waals surface area contributed by atoms with Gasteiger partial charge < -0.3 is 0 Å². The van der Waals surface area contributed by atoms with Crippen LogP contribution in [0, 0.1) is 11.3 Å². The van der Waals surface area contributed by atoms with Gasteiger partial charge in [-0.05, 0) is 17.5 Å². The molecule has 0 fully saturated rings. The molecule has 0 saturated carbocycles. The lowest BCUT2D eigenvalue weighted by Gasteiger charge is -2.03. The molecule has 0 radical (unpaired) electrons. The molecule has 0 spiro atoms. The molecule has 0 bridgehead atoms. The highest BCUT2D eigenvalue weighted by molar-refractivity contribution is 7.17. The van der Waals surface area contributed by atoms with E-state index < -0.39 is 0 Å². The van der Waals surface area contributed by atoms with Crippen LogP contribution in [0.15, 0.2) is 42.0 Å². The van der Waals surface area contributed by atoms with Crippen LogP contribution < -0.4 is 0 Å². The van der Waals surface area contributed by atoms with Gasteiger partial charge in [0.1, 0.15) is 6.33 Å². The van der Waals surface area contributed by atoms with Gasteiger partial charge in [-0.25, -0.2) is 9.97 Å². The average molecular weight is 237 g/mol. The highest BCUT2D eigenvalue weighted by Crippen LogP contribution is 2.30. The smallest absolute Gasteiger partial charge is 0.116 e. The molecule has 3 aromatic rings. The number of aromatic nitrogens is 2. The quantitative estimate of drug-likeness (QED) is 0.652. The zero-order chi connectivity index (χ0) is 11.7. The Bertz CT molecular complexity index is 725. The van der Waals surface area contributed by atoms with Crippen LogP contribution in [0.3, 0.4) is 0 Å². The summed E-state index contributed by atoms with van der Waals surface area (Å²) >= 11 is 1.59. The minimum Gasteiger partial charge on any atom is -0.235 e. The van der Waals surface area contributed by atoms with Gasteiger partial charge in [-0.1, -0.05) is 18.2 Å². The lowest BCUT2D eigenvalue weighted by Crippen LogP contribution is -1.88. The maximum Gasteiger partial charge on any atom is 0.116 e. The zero-order valence-electron chi connectivity index (χ0n) is 8.79. The first-order valence-corrected chi connectivity index (χ1v) is 5.96. The summed E-state index contributed by atoms with van der Waals surface area (Å²) in [5.41, 5.74) is 3.26. The summed E-state index contributed by atoms with van der Waals surface area (Å²) in [5.74, 6) is 0. The predicted octanol–water partition coefficient (Wildman–Crippen LogP) is 3.23. The van der Waals surface area contributed by atoms with Crippen molar-refractivity contribution in [1.82, 2.24) is 9.97 Å². The zero-order valence-corrected chi connectivity index (χ0v) is 9.61. The molecule has 0 saturated heterocycles. The van der Waals surface area contributed by atoms with Crippen molar-refractivity contribution in [1.29, 1.82) is 5.26 Å². The van der Waals surface area contributed by atoms with Crippen molar-refractivity contribution in [2.24, 2.45) is 0 Å². The van der Waals surface area contributed by atoms with Crippen molar-refractivity contribution in [2.75, 3.05) is 0 Å². The number of nitrogens with zero attached hydrogens (tertiary/aromatic N) is 3. The van der Waals surface area contributed by atoms with E-state index in [1.807, 2.05) is 29.6 Å². The van der Waals surface area contributed by atoms with Crippen LogP contribution >= 0.6 is 11.3 Å². The molecular weight excluding hydrogens is 230 g/mol. The van der Waals surface area contributed by atoms with Gasteiger partial charge in [-0.15, -0.1) is 11.3 Å². The van der Waals surface area contributed by atoms with E-state index in [2.05, 4.69) is 16.0 Å². The highest BCUT2D eigenvalue weighted by Gasteiger charge is 2.10. The lowest BCUT2D eigenvalue weighted by atomic mass is 10.1. The third-order valence-electron chi connectivity index (χ3n) is 2.55. The molecule has 0 amide bonds. The molecule has 80 valence electrons. The fraction of sp³-hybridized carbons (Fsp3) is 0. The number of benzene rings is 1. The summed E-state index contributed by atoms with van der Waals surface area (Å²) in [6, 6.07) is 11.6. The molecule has 0 atom stereocenters. The average Bonchev–Trinajstić information content (AvgIpc) is 2.86. The Labute approximate surface area is 102 Å². The molecule has 0 aliphatic carbocycles. The number of hydrogen-bond acceptors (Lipinski definition) is 4. The third kappa shape index (κ3) is 1.57. The van der Waals surface area contributed by atoms with Gasteiger partial charge in [0.25, 0.3) is 0 Å². The Morgan fingerprint density at radius 2 is 2.00 bits per heavy atom. The summed E-state index contributed by atoms with van der Waals surface area (Å²) in [6.07, 6.45) is 1.54. The molecule has 17 heavy (non-hydrogen) atoms. The molecule has 3 nitrogen and oxygen atoms in total. The molecule has 0 aliphatic rings. The van der Waals surface area contributed by atoms with Crippen molar-refractivity contribution < 1.29 is 0 Å². The van der Waals surface area contributed by atoms with Gasteiger partial charge in [0.05, 0.1) is 27.5 Å². The van der Waals surface area contributed by atoms with Crippen molar-refractivity contribution in [3.63, 3.8) is 0 Å². The van der Waals surface area contributed by atoms with Crippen LogP contribution in [0.5, 0.6) is 0 Å². The van der Waals surface area contributed by atoms with Crippen LogP contribution in [-0.2, 0) is 0 Å². The molecule has 3 rings (SSSR count). The first kappa shape index (κ1) is 9.94. The van der Waals surface area contributed by atoms with Crippen LogP contribution in [0.25, 0.3) is 21.5 Å². The number of hydrogen-bond donors (Lipinski definition) is 0. The van der Waals surface area contributed by atoms with Gasteiger partial charge in [0, 0.05) is 5.56 Å². The van der Waals surface area contributed by atoms with E-state index in [4.69, 9.17) is 5.26 Å². The number of rotatable bonds is 1. The third-order valence-corrected chi connectivity index (χ3v) is 3.46. The summed E-state index contributed by atoms with van der Waals surface area (Å²) < 4.78 is 1.02. The molecule has 4 heteroatoms. The van der Waals surface area contributed by atoms with Crippen LogP contribution in [0.2, 0.25) is 0 Å². The Kier molecular flexibility index (Phi) is 2.32. The van der Waals surface area contributed by atoms with E-state index in [9.17, 15) is 0 Å². The van der Waals surface area contributed by atoms with Crippen molar-refractivity contribution in [2.45, 2.75) is 0 Å². The Morgan fingerprint density at radius 3 is 2.88 bits per heavy atom. The minimum absolute atomic E-state index is 0.640. The Hall–Kier alpha value is -2.25. The molecular formula is C13H7N3S. The van der Waals surface area contributed by atoms with Crippen LogP contribution in [0.4, 0.5) is 0 Å². The molecule has 1 aromatic carbocycles. The normalized spacial score (nSPS) is 10.3. The van der Waals surface area contributed by atoms with Gasteiger partial charge in [0.2, 0.25) is 0 Å². The lowest BCUT2D eigenvalue weighted by molar-refractivity contribution is 1.23. The summed E-state index contributed by atoms with van der Waals surface area (Å²) in [6.45, 7) is 0.